The Morgan fingerprint density at radius 3 is 2.90 bits per heavy atom. The minimum absolute atomic E-state index is 0.0796. The number of nitrogens with zero attached hydrogens (tertiary/aromatic N) is 1. The van der Waals surface area contributed by atoms with Crippen molar-refractivity contribution in [1.29, 1.82) is 0 Å². The summed E-state index contributed by atoms with van der Waals surface area (Å²) >= 11 is 1.67. The second-order valence-corrected chi connectivity index (χ2v) is 8.62. The van der Waals surface area contributed by atoms with Crippen LogP contribution in [0.2, 0.25) is 0 Å². The summed E-state index contributed by atoms with van der Waals surface area (Å²) in [6.45, 7) is 0.744. The molecule has 0 saturated carbocycles. The first-order chi connectivity index (χ1) is 9.55. The number of thiophene rings is 1. The molecule has 0 spiro atoms. The summed E-state index contributed by atoms with van der Waals surface area (Å²) in [6, 6.07) is 3.85. The molecule has 3 heterocycles. The summed E-state index contributed by atoms with van der Waals surface area (Å²) in [6.07, 6.45) is 2.52. The van der Waals surface area contributed by atoms with Gasteiger partial charge in [0.2, 0.25) is 0 Å². The first kappa shape index (κ1) is 13.9. The highest BCUT2D eigenvalue weighted by Crippen LogP contribution is 2.34. The summed E-state index contributed by atoms with van der Waals surface area (Å²) in [5.74, 6) is 0.266. The zero-order valence-corrected chi connectivity index (χ0v) is 12.8. The molecule has 7 heteroatoms. The molecule has 20 heavy (non-hydrogen) atoms. The van der Waals surface area contributed by atoms with Gasteiger partial charge in [0.25, 0.3) is 0 Å². The van der Waals surface area contributed by atoms with Crippen molar-refractivity contribution >= 4 is 27.2 Å². The van der Waals surface area contributed by atoms with E-state index >= 15 is 0 Å². The Morgan fingerprint density at radius 2 is 2.25 bits per heavy atom. The number of hydrogen-bond donors (Lipinski definition) is 1. The Kier molecular flexibility index (Phi) is 3.72. The second-order valence-electron chi connectivity index (χ2n) is 5.42. The molecular formula is C13H18N2O3S2. The molecule has 2 amide bonds. The van der Waals surface area contributed by atoms with Gasteiger partial charge < -0.3 is 10.2 Å². The maximum atomic E-state index is 12.3. The summed E-state index contributed by atoms with van der Waals surface area (Å²) in [5, 5.41) is 4.90. The summed E-state index contributed by atoms with van der Waals surface area (Å²) in [4.78, 5) is 15.4. The maximum Gasteiger partial charge on any atom is 0.318 e. The monoisotopic (exact) mass is 314 g/mol. The van der Waals surface area contributed by atoms with E-state index in [-0.39, 0.29) is 29.6 Å². The molecule has 1 N–H and O–H groups in total. The van der Waals surface area contributed by atoms with Crippen LogP contribution in [0, 0.1) is 0 Å². The van der Waals surface area contributed by atoms with Gasteiger partial charge in [0, 0.05) is 17.5 Å². The van der Waals surface area contributed by atoms with Crippen molar-refractivity contribution < 1.29 is 13.2 Å². The van der Waals surface area contributed by atoms with Gasteiger partial charge in [0.05, 0.1) is 17.5 Å². The third-order valence-electron chi connectivity index (χ3n) is 3.95. The van der Waals surface area contributed by atoms with Crippen molar-refractivity contribution in [2.24, 2.45) is 0 Å². The number of urea groups is 1. The van der Waals surface area contributed by atoms with Gasteiger partial charge in [-0.1, -0.05) is 6.07 Å². The molecule has 110 valence electrons. The highest BCUT2D eigenvalue weighted by atomic mass is 32.2. The topological polar surface area (TPSA) is 66.5 Å². The summed E-state index contributed by atoms with van der Waals surface area (Å²) in [5.41, 5.74) is 0. The number of amides is 2. The molecule has 2 saturated heterocycles. The lowest BCUT2D eigenvalue weighted by Gasteiger charge is -2.25. The van der Waals surface area contributed by atoms with Crippen molar-refractivity contribution in [1.82, 2.24) is 10.2 Å². The van der Waals surface area contributed by atoms with Gasteiger partial charge in [0.15, 0.2) is 9.84 Å². The molecule has 2 aliphatic heterocycles. The van der Waals surface area contributed by atoms with Crippen LogP contribution in [0.1, 0.15) is 30.2 Å². The molecule has 2 fully saturated rings. The van der Waals surface area contributed by atoms with Crippen LogP contribution in [0.15, 0.2) is 17.5 Å². The molecular weight excluding hydrogens is 296 g/mol. The first-order valence-corrected chi connectivity index (χ1v) is 9.56. The number of rotatable bonds is 2. The molecule has 1 aromatic rings. The second kappa shape index (κ2) is 5.37. The van der Waals surface area contributed by atoms with Crippen LogP contribution in [-0.2, 0) is 9.84 Å². The molecule has 0 unspecified atom stereocenters. The van der Waals surface area contributed by atoms with Crippen LogP contribution in [0.25, 0.3) is 0 Å². The van der Waals surface area contributed by atoms with Crippen LogP contribution in [0.4, 0.5) is 4.79 Å². The molecule has 0 radical (unpaired) electrons. The third-order valence-corrected chi connectivity index (χ3v) is 6.69. The predicted molar refractivity (Wildman–Crippen MR) is 78.6 cm³/mol. The average Bonchev–Trinajstić information content (AvgIpc) is 3.08. The Balaban J connectivity index is 1.65. The average molecular weight is 314 g/mol. The van der Waals surface area contributed by atoms with Crippen molar-refractivity contribution in [2.75, 3.05) is 18.1 Å². The Morgan fingerprint density at radius 1 is 1.40 bits per heavy atom. The van der Waals surface area contributed by atoms with E-state index in [2.05, 4.69) is 11.4 Å². The number of sulfone groups is 1. The number of likely N-dealkylation sites (tertiary alicyclic amines) is 1. The zero-order chi connectivity index (χ0) is 14.2. The SMILES string of the molecule is O=C(N[C@H]1CCS(=O)(=O)C1)N1CCC[C@@H]1c1cccs1. The Bertz CT molecular complexity index is 583. The van der Waals surface area contributed by atoms with Crippen molar-refractivity contribution in [3.05, 3.63) is 22.4 Å². The van der Waals surface area contributed by atoms with Crippen molar-refractivity contribution in [3.63, 3.8) is 0 Å². The lowest BCUT2D eigenvalue weighted by atomic mass is 10.2. The summed E-state index contributed by atoms with van der Waals surface area (Å²) < 4.78 is 22.9. The van der Waals surface area contributed by atoms with Gasteiger partial charge in [-0.25, -0.2) is 13.2 Å². The molecule has 0 aromatic carbocycles. The minimum Gasteiger partial charge on any atom is -0.334 e. The number of carbonyl (C=O) groups is 1. The molecule has 3 rings (SSSR count). The highest BCUT2D eigenvalue weighted by Gasteiger charge is 2.34. The smallest absolute Gasteiger partial charge is 0.318 e. The first-order valence-electron chi connectivity index (χ1n) is 6.86. The molecule has 1 aromatic heterocycles. The fourth-order valence-corrected chi connectivity index (χ4v) is 5.50. The van der Waals surface area contributed by atoms with E-state index in [1.807, 2.05) is 16.3 Å². The number of carbonyl (C=O) groups excluding carboxylic acids is 1. The van der Waals surface area contributed by atoms with Gasteiger partial charge in [0.1, 0.15) is 0 Å². The Hall–Kier alpha value is -1.08. The van der Waals surface area contributed by atoms with Crippen LogP contribution in [-0.4, -0.2) is 43.4 Å². The van der Waals surface area contributed by atoms with E-state index in [9.17, 15) is 13.2 Å². The predicted octanol–water partition coefficient (Wildman–Crippen LogP) is 1.78. The van der Waals surface area contributed by atoms with E-state index in [0.29, 0.717) is 6.42 Å². The van der Waals surface area contributed by atoms with E-state index < -0.39 is 9.84 Å². The standard InChI is InChI=1S/C13H18N2O3S2/c16-13(14-10-5-8-20(17,18)9-10)15-6-1-3-11(15)12-4-2-7-19-12/h2,4,7,10-11H,1,3,5-6,8-9H2,(H,14,16)/t10-,11+/m0/s1. The lowest BCUT2D eigenvalue weighted by molar-refractivity contribution is 0.190. The highest BCUT2D eigenvalue weighted by molar-refractivity contribution is 7.91. The fourth-order valence-electron chi connectivity index (χ4n) is 2.95. The van der Waals surface area contributed by atoms with E-state index in [4.69, 9.17) is 0 Å². The molecule has 0 aliphatic carbocycles. The molecule has 2 aliphatic rings. The summed E-state index contributed by atoms with van der Waals surface area (Å²) in [7, 11) is -2.95. The van der Waals surface area contributed by atoms with Crippen molar-refractivity contribution in [3.8, 4) is 0 Å². The quantitative estimate of drug-likeness (QED) is 0.905. The van der Waals surface area contributed by atoms with Gasteiger partial charge in [-0.15, -0.1) is 11.3 Å². The van der Waals surface area contributed by atoms with Crippen molar-refractivity contribution in [2.45, 2.75) is 31.3 Å². The molecule has 2 atom stereocenters. The zero-order valence-electron chi connectivity index (χ0n) is 11.1. The van der Waals surface area contributed by atoms with Crippen LogP contribution >= 0.6 is 11.3 Å². The van der Waals surface area contributed by atoms with Crippen LogP contribution in [0.3, 0.4) is 0 Å². The maximum absolute atomic E-state index is 12.3. The van der Waals surface area contributed by atoms with Gasteiger partial charge in [-0.2, -0.15) is 0 Å². The largest absolute Gasteiger partial charge is 0.334 e. The van der Waals surface area contributed by atoms with Gasteiger partial charge in [-0.3, -0.25) is 0 Å². The van der Waals surface area contributed by atoms with Gasteiger partial charge in [-0.05, 0) is 30.7 Å². The van der Waals surface area contributed by atoms with E-state index in [1.165, 1.54) is 4.88 Å². The minimum atomic E-state index is -2.95. The van der Waals surface area contributed by atoms with Crippen LogP contribution < -0.4 is 5.32 Å². The molecule has 0 bridgehead atoms. The molecule has 5 nitrogen and oxygen atoms in total. The lowest BCUT2D eigenvalue weighted by Crippen LogP contribution is -2.44. The Labute approximate surface area is 122 Å². The number of nitrogens with one attached hydrogen (secondary N) is 1. The van der Waals surface area contributed by atoms with E-state index in [1.54, 1.807) is 11.3 Å². The van der Waals surface area contributed by atoms with Gasteiger partial charge >= 0.3 is 6.03 Å². The fraction of sp³-hybridized carbons (Fsp3) is 0.615. The normalized spacial score (nSPS) is 28.7. The number of hydrogen-bond acceptors (Lipinski definition) is 4. The third kappa shape index (κ3) is 2.83. The van der Waals surface area contributed by atoms with Crippen LogP contribution in [0.5, 0.6) is 0 Å². The van der Waals surface area contributed by atoms with E-state index in [0.717, 1.165) is 19.4 Å².